The highest BCUT2D eigenvalue weighted by molar-refractivity contribution is 5.92. The zero-order chi connectivity index (χ0) is 25.3. The third-order valence-electron chi connectivity index (χ3n) is 7.14. The average Bonchev–Trinajstić information content (AvgIpc) is 2.90. The maximum absolute atomic E-state index is 12.9. The van der Waals surface area contributed by atoms with E-state index in [1.54, 1.807) is 0 Å². The van der Waals surface area contributed by atoms with Crippen LogP contribution >= 0.6 is 0 Å². The van der Waals surface area contributed by atoms with Crippen molar-refractivity contribution in [2.24, 2.45) is 17.6 Å². The van der Waals surface area contributed by atoms with Gasteiger partial charge in [0.05, 0.1) is 13.0 Å². The summed E-state index contributed by atoms with van der Waals surface area (Å²) in [5, 5.41) is 3.07. The molecular weight excluding hydrogens is 456 g/mol. The number of primary amides is 1. The molecule has 8 heteroatoms. The van der Waals surface area contributed by atoms with E-state index in [1.807, 2.05) is 53.4 Å². The van der Waals surface area contributed by atoms with Crippen LogP contribution in [-0.2, 0) is 20.9 Å². The van der Waals surface area contributed by atoms with Gasteiger partial charge in [0.15, 0.2) is 0 Å². The Morgan fingerprint density at radius 2 is 1.58 bits per heavy atom. The molecule has 2 aliphatic rings. The number of carbonyl (C=O) groups is 3. The van der Waals surface area contributed by atoms with Crippen LogP contribution in [0.25, 0.3) is 0 Å². The van der Waals surface area contributed by atoms with Crippen LogP contribution in [0, 0.1) is 11.8 Å². The topological polar surface area (TPSA) is 105 Å². The normalized spacial score (nSPS) is 17.5. The second-order valence-corrected chi connectivity index (χ2v) is 9.71. The van der Waals surface area contributed by atoms with Crippen molar-refractivity contribution >= 4 is 23.4 Å². The first-order chi connectivity index (χ1) is 17.5. The maximum Gasteiger partial charge on any atom is 0.227 e. The summed E-state index contributed by atoms with van der Waals surface area (Å²) in [6, 6.07) is 17.4. The smallest absolute Gasteiger partial charge is 0.227 e. The molecule has 2 aliphatic heterocycles. The molecule has 0 radical (unpaired) electrons. The fraction of sp³-hybridized carbons (Fsp3) is 0.464. The zero-order valence-electron chi connectivity index (χ0n) is 20.7. The van der Waals surface area contributed by atoms with Gasteiger partial charge in [-0.1, -0.05) is 30.3 Å². The summed E-state index contributed by atoms with van der Waals surface area (Å²) >= 11 is 0. The minimum atomic E-state index is -0.202. The average molecular weight is 493 g/mol. The fourth-order valence-electron chi connectivity index (χ4n) is 4.95. The van der Waals surface area contributed by atoms with Crippen molar-refractivity contribution < 1.29 is 19.1 Å². The molecule has 2 aromatic rings. The Hall–Kier alpha value is -3.39. The number of amides is 3. The number of hydrogen-bond acceptors (Lipinski definition) is 5. The molecule has 0 spiro atoms. The van der Waals surface area contributed by atoms with Crippen LogP contribution in [-0.4, -0.2) is 60.3 Å². The number of hydrogen-bond donors (Lipinski definition) is 2. The number of benzene rings is 2. The SMILES string of the molecule is NC(=O)C1CCN(Cc2cccc(NC(=O)C3CCN(C(=O)CCOc4ccccc4)CC3)c2)CC1. The van der Waals surface area contributed by atoms with E-state index in [9.17, 15) is 14.4 Å². The molecule has 3 amide bonds. The van der Waals surface area contributed by atoms with E-state index in [0.29, 0.717) is 39.0 Å². The number of ether oxygens (including phenoxy) is 1. The van der Waals surface area contributed by atoms with Gasteiger partial charge in [-0.2, -0.15) is 0 Å². The number of likely N-dealkylation sites (tertiary alicyclic amines) is 2. The molecule has 8 nitrogen and oxygen atoms in total. The van der Waals surface area contributed by atoms with Crippen LogP contribution in [0.2, 0.25) is 0 Å². The van der Waals surface area contributed by atoms with Crippen LogP contribution in [0.1, 0.15) is 37.7 Å². The Balaban J connectivity index is 1.18. The van der Waals surface area contributed by atoms with Crippen molar-refractivity contribution in [3.05, 3.63) is 60.2 Å². The highest BCUT2D eigenvalue weighted by Crippen LogP contribution is 2.23. The number of nitrogens with zero attached hydrogens (tertiary/aromatic N) is 2. The van der Waals surface area contributed by atoms with E-state index in [4.69, 9.17) is 10.5 Å². The first-order valence-electron chi connectivity index (χ1n) is 12.8. The van der Waals surface area contributed by atoms with Crippen LogP contribution in [0.5, 0.6) is 5.75 Å². The van der Waals surface area contributed by atoms with Gasteiger partial charge in [0.2, 0.25) is 17.7 Å². The zero-order valence-corrected chi connectivity index (χ0v) is 20.7. The second kappa shape index (κ2) is 12.5. The lowest BCUT2D eigenvalue weighted by atomic mass is 9.95. The number of carbonyl (C=O) groups excluding carboxylic acids is 3. The lowest BCUT2D eigenvalue weighted by Gasteiger charge is -2.31. The molecule has 3 N–H and O–H groups in total. The van der Waals surface area contributed by atoms with Crippen molar-refractivity contribution in [3.8, 4) is 5.75 Å². The standard InChI is InChI=1S/C28H36N4O4/c29-27(34)22-9-14-31(15-10-22)20-21-5-4-6-24(19-21)30-28(35)23-11-16-32(17-12-23)26(33)13-18-36-25-7-2-1-3-8-25/h1-8,19,22-23H,9-18,20H2,(H2,29,34)(H,30,35). The van der Waals surface area contributed by atoms with E-state index < -0.39 is 0 Å². The van der Waals surface area contributed by atoms with Crippen molar-refractivity contribution in [3.63, 3.8) is 0 Å². The van der Waals surface area contributed by atoms with Gasteiger partial charge in [0, 0.05) is 37.2 Å². The summed E-state index contributed by atoms with van der Waals surface area (Å²) in [6.07, 6.45) is 3.25. The maximum atomic E-state index is 12.9. The molecule has 36 heavy (non-hydrogen) atoms. The van der Waals surface area contributed by atoms with Crippen LogP contribution in [0.3, 0.4) is 0 Å². The second-order valence-electron chi connectivity index (χ2n) is 9.71. The minimum Gasteiger partial charge on any atom is -0.493 e. The lowest BCUT2D eigenvalue weighted by molar-refractivity contribution is -0.135. The monoisotopic (exact) mass is 492 g/mol. The van der Waals surface area contributed by atoms with Gasteiger partial charge in [-0.25, -0.2) is 0 Å². The Kier molecular flexibility index (Phi) is 8.95. The highest BCUT2D eigenvalue weighted by Gasteiger charge is 2.27. The molecule has 4 rings (SSSR count). The van der Waals surface area contributed by atoms with Gasteiger partial charge in [-0.05, 0) is 68.6 Å². The van der Waals surface area contributed by atoms with E-state index in [1.165, 1.54) is 0 Å². The van der Waals surface area contributed by atoms with Crippen molar-refractivity contribution in [2.75, 3.05) is 38.1 Å². The molecule has 0 aromatic heterocycles. The summed E-state index contributed by atoms with van der Waals surface area (Å²) in [4.78, 5) is 40.9. The predicted molar refractivity (Wildman–Crippen MR) is 138 cm³/mol. The summed E-state index contributed by atoms with van der Waals surface area (Å²) in [5.41, 5.74) is 7.35. The third kappa shape index (κ3) is 7.31. The largest absolute Gasteiger partial charge is 0.493 e. The molecule has 192 valence electrons. The van der Waals surface area contributed by atoms with Gasteiger partial charge in [-0.3, -0.25) is 19.3 Å². The van der Waals surface area contributed by atoms with Gasteiger partial charge >= 0.3 is 0 Å². The molecule has 0 aliphatic carbocycles. The summed E-state index contributed by atoms with van der Waals surface area (Å²) < 4.78 is 5.63. The summed E-state index contributed by atoms with van der Waals surface area (Å²) in [5.74, 6) is 0.512. The molecule has 2 heterocycles. The third-order valence-corrected chi connectivity index (χ3v) is 7.14. The molecule has 0 saturated carbocycles. The Morgan fingerprint density at radius 3 is 2.28 bits per heavy atom. The number of nitrogens with one attached hydrogen (secondary N) is 1. The molecule has 2 aromatic carbocycles. The highest BCUT2D eigenvalue weighted by atomic mass is 16.5. The molecular formula is C28H36N4O4. The van der Waals surface area contributed by atoms with Crippen molar-refractivity contribution in [1.82, 2.24) is 9.80 Å². The van der Waals surface area contributed by atoms with Crippen LogP contribution in [0.4, 0.5) is 5.69 Å². The van der Waals surface area contributed by atoms with E-state index >= 15 is 0 Å². The summed E-state index contributed by atoms with van der Waals surface area (Å²) in [7, 11) is 0. The Labute approximate surface area is 212 Å². The first-order valence-corrected chi connectivity index (χ1v) is 12.8. The fourth-order valence-corrected chi connectivity index (χ4v) is 4.95. The molecule has 0 atom stereocenters. The van der Waals surface area contributed by atoms with E-state index in [0.717, 1.165) is 49.5 Å². The van der Waals surface area contributed by atoms with E-state index in [-0.39, 0.29) is 29.6 Å². The number of rotatable bonds is 9. The van der Waals surface area contributed by atoms with Gasteiger partial charge in [-0.15, -0.1) is 0 Å². The lowest BCUT2D eigenvalue weighted by Crippen LogP contribution is -2.41. The quantitative estimate of drug-likeness (QED) is 0.560. The Bertz CT molecular complexity index is 1030. The summed E-state index contributed by atoms with van der Waals surface area (Å²) in [6.45, 7) is 4.00. The van der Waals surface area contributed by atoms with E-state index in [2.05, 4.69) is 16.3 Å². The van der Waals surface area contributed by atoms with Crippen molar-refractivity contribution in [1.29, 1.82) is 0 Å². The van der Waals surface area contributed by atoms with Crippen molar-refractivity contribution in [2.45, 2.75) is 38.6 Å². The minimum absolute atomic E-state index is 0.00827. The molecule has 2 saturated heterocycles. The number of para-hydroxylation sites is 1. The van der Waals surface area contributed by atoms with Gasteiger partial charge in [0.25, 0.3) is 0 Å². The molecule has 0 bridgehead atoms. The molecule has 0 unspecified atom stereocenters. The predicted octanol–water partition coefficient (Wildman–Crippen LogP) is 3.03. The van der Waals surface area contributed by atoms with Gasteiger partial charge < -0.3 is 20.7 Å². The number of anilines is 1. The van der Waals surface area contributed by atoms with Gasteiger partial charge in [0.1, 0.15) is 5.75 Å². The first kappa shape index (κ1) is 25.7. The number of piperidine rings is 2. The van der Waals surface area contributed by atoms with Crippen LogP contribution < -0.4 is 15.8 Å². The molecule has 2 fully saturated rings. The van der Waals surface area contributed by atoms with Crippen LogP contribution in [0.15, 0.2) is 54.6 Å². The number of nitrogens with two attached hydrogens (primary N) is 1. The Morgan fingerprint density at radius 1 is 0.889 bits per heavy atom.